The molecule has 1 atom stereocenters. The van der Waals surface area contributed by atoms with E-state index in [1.165, 1.54) is 0 Å². The van der Waals surface area contributed by atoms with Gasteiger partial charge in [-0.15, -0.1) is 0 Å². The lowest BCUT2D eigenvalue weighted by molar-refractivity contribution is 0.561. The van der Waals surface area contributed by atoms with Crippen molar-refractivity contribution < 1.29 is 16.8 Å². The van der Waals surface area contributed by atoms with Crippen LogP contribution in [0.1, 0.15) is 17.5 Å². The monoisotopic (exact) mass is 314 g/mol. The topological polar surface area (TPSA) is 104 Å². The number of sulfonamides is 1. The van der Waals surface area contributed by atoms with Crippen LogP contribution in [0.2, 0.25) is 0 Å². The van der Waals surface area contributed by atoms with Crippen LogP contribution in [0.15, 0.2) is 24.3 Å². The minimum Gasteiger partial charge on any atom is -0.229 e. The fraction of sp³-hybridized carbons (Fsp3) is 0.417. The van der Waals surface area contributed by atoms with Gasteiger partial charge in [0.15, 0.2) is 9.84 Å². The summed E-state index contributed by atoms with van der Waals surface area (Å²) in [6.07, 6.45) is 0.293. The maximum Gasteiger partial charge on any atom is 0.216 e. The average molecular weight is 314 g/mol. The lowest BCUT2D eigenvalue weighted by Gasteiger charge is -2.12. The summed E-state index contributed by atoms with van der Waals surface area (Å²) in [5.41, 5.74) is 0.709. The Morgan fingerprint density at radius 2 is 2.05 bits per heavy atom. The number of nitrogens with zero attached hydrogens (tertiary/aromatic N) is 1. The van der Waals surface area contributed by atoms with Crippen LogP contribution in [-0.2, 0) is 25.6 Å². The summed E-state index contributed by atoms with van der Waals surface area (Å²) in [5, 5.41) is 8.92. The molecule has 1 N–H and O–H groups in total. The zero-order valence-corrected chi connectivity index (χ0v) is 12.2. The van der Waals surface area contributed by atoms with Crippen LogP contribution in [0.4, 0.5) is 0 Å². The zero-order valence-electron chi connectivity index (χ0n) is 10.6. The third-order valence-corrected chi connectivity index (χ3v) is 6.21. The SMILES string of the molecule is N#Cc1ccccc1CS(=O)(=O)NC1CCS(=O)(=O)C1. The summed E-state index contributed by atoms with van der Waals surface area (Å²) in [5.74, 6) is -0.478. The second kappa shape index (κ2) is 5.52. The van der Waals surface area contributed by atoms with E-state index < -0.39 is 25.9 Å². The molecule has 1 heterocycles. The van der Waals surface area contributed by atoms with Crippen molar-refractivity contribution in [2.24, 2.45) is 0 Å². The van der Waals surface area contributed by atoms with E-state index in [1.54, 1.807) is 24.3 Å². The lowest BCUT2D eigenvalue weighted by atomic mass is 10.1. The predicted molar refractivity (Wildman–Crippen MR) is 74.0 cm³/mol. The van der Waals surface area contributed by atoms with E-state index in [-0.39, 0.29) is 17.3 Å². The molecule has 108 valence electrons. The molecule has 0 radical (unpaired) electrons. The molecule has 2 rings (SSSR count). The van der Waals surface area contributed by atoms with Crippen molar-refractivity contribution in [2.75, 3.05) is 11.5 Å². The summed E-state index contributed by atoms with van der Waals surface area (Å²) in [6, 6.07) is 7.80. The van der Waals surface area contributed by atoms with Crippen molar-refractivity contribution >= 4 is 19.9 Å². The second-order valence-electron chi connectivity index (χ2n) is 4.75. The van der Waals surface area contributed by atoms with Crippen LogP contribution < -0.4 is 4.72 Å². The number of nitrogens with one attached hydrogen (secondary N) is 1. The van der Waals surface area contributed by atoms with Gasteiger partial charge in [-0.3, -0.25) is 0 Å². The van der Waals surface area contributed by atoms with Gasteiger partial charge in [0.2, 0.25) is 10.0 Å². The van der Waals surface area contributed by atoms with Crippen LogP contribution >= 0.6 is 0 Å². The molecule has 6 nitrogen and oxygen atoms in total. The lowest BCUT2D eigenvalue weighted by Crippen LogP contribution is -2.36. The molecule has 1 unspecified atom stereocenters. The first-order chi connectivity index (χ1) is 9.31. The Balaban J connectivity index is 2.11. The first-order valence-electron chi connectivity index (χ1n) is 6.00. The minimum atomic E-state index is -3.67. The van der Waals surface area contributed by atoms with E-state index in [4.69, 9.17) is 5.26 Å². The molecule has 8 heteroatoms. The molecule has 1 aliphatic heterocycles. The normalized spacial score (nSPS) is 21.4. The van der Waals surface area contributed by atoms with Crippen molar-refractivity contribution in [2.45, 2.75) is 18.2 Å². The Hall–Kier alpha value is -1.43. The Labute approximate surface area is 118 Å². The molecule has 20 heavy (non-hydrogen) atoms. The quantitative estimate of drug-likeness (QED) is 0.853. The first-order valence-corrected chi connectivity index (χ1v) is 9.47. The summed E-state index contributed by atoms with van der Waals surface area (Å²) < 4.78 is 49.0. The number of benzene rings is 1. The summed E-state index contributed by atoms with van der Waals surface area (Å²) >= 11 is 0. The Bertz CT molecular complexity index is 748. The van der Waals surface area contributed by atoms with E-state index in [2.05, 4.69) is 4.72 Å². The molecule has 1 aromatic rings. The van der Waals surface area contributed by atoms with Gasteiger partial charge in [0.25, 0.3) is 0 Å². The molecule has 0 saturated carbocycles. The smallest absolute Gasteiger partial charge is 0.216 e. The van der Waals surface area contributed by atoms with Gasteiger partial charge in [0.1, 0.15) is 0 Å². The summed E-state index contributed by atoms with van der Waals surface area (Å²) in [7, 11) is -6.80. The van der Waals surface area contributed by atoms with Gasteiger partial charge >= 0.3 is 0 Å². The maximum atomic E-state index is 12.0. The summed E-state index contributed by atoms with van der Waals surface area (Å²) in [4.78, 5) is 0. The molecule has 1 aromatic carbocycles. The highest BCUT2D eigenvalue weighted by Gasteiger charge is 2.31. The Kier molecular flexibility index (Phi) is 4.13. The van der Waals surface area contributed by atoms with Gasteiger partial charge in [-0.2, -0.15) is 5.26 Å². The molecule has 0 bridgehead atoms. The standard InChI is InChI=1S/C12H14N2O4S2/c13-7-10-3-1-2-4-11(10)8-20(17,18)14-12-5-6-19(15,16)9-12/h1-4,12,14H,5-6,8-9H2. The molecule has 1 aliphatic rings. The third-order valence-electron chi connectivity index (χ3n) is 3.06. The average Bonchev–Trinajstić information content (AvgIpc) is 2.68. The molecule has 0 aliphatic carbocycles. The predicted octanol–water partition coefficient (Wildman–Crippen LogP) is 0.165. The van der Waals surface area contributed by atoms with Gasteiger partial charge in [-0.05, 0) is 18.1 Å². The summed E-state index contributed by atoms with van der Waals surface area (Å²) in [6.45, 7) is 0. The van der Waals surface area contributed by atoms with Crippen molar-refractivity contribution in [3.8, 4) is 6.07 Å². The van der Waals surface area contributed by atoms with Gasteiger partial charge in [0, 0.05) is 6.04 Å². The highest BCUT2D eigenvalue weighted by atomic mass is 32.2. The van der Waals surface area contributed by atoms with Crippen LogP contribution in [0.5, 0.6) is 0 Å². The van der Waals surface area contributed by atoms with E-state index in [0.29, 0.717) is 17.5 Å². The van der Waals surface area contributed by atoms with E-state index in [1.807, 2.05) is 6.07 Å². The molecular weight excluding hydrogens is 300 g/mol. The van der Waals surface area contributed by atoms with E-state index in [0.717, 1.165) is 0 Å². The zero-order chi connectivity index (χ0) is 14.8. The Morgan fingerprint density at radius 1 is 1.35 bits per heavy atom. The van der Waals surface area contributed by atoms with Crippen molar-refractivity contribution in [1.29, 1.82) is 5.26 Å². The van der Waals surface area contributed by atoms with Crippen molar-refractivity contribution in [3.63, 3.8) is 0 Å². The van der Waals surface area contributed by atoms with Crippen LogP contribution in [0, 0.1) is 11.3 Å². The molecule has 0 spiro atoms. The molecule has 1 fully saturated rings. The van der Waals surface area contributed by atoms with E-state index in [9.17, 15) is 16.8 Å². The van der Waals surface area contributed by atoms with Gasteiger partial charge in [-0.1, -0.05) is 18.2 Å². The van der Waals surface area contributed by atoms with Crippen molar-refractivity contribution in [3.05, 3.63) is 35.4 Å². The Morgan fingerprint density at radius 3 is 2.65 bits per heavy atom. The molecule has 0 aromatic heterocycles. The highest BCUT2D eigenvalue weighted by Crippen LogP contribution is 2.15. The van der Waals surface area contributed by atoms with Gasteiger partial charge in [-0.25, -0.2) is 21.6 Å². The van der Waals surface area contributed by atoms with Crippen LogP contribution in [0.3, 0.4) is 0 Å². The fourth-order valence-corrected chi connectivity index (χ4v) is 5.38. The molecule has 0 amide bonds. The first kappa shape index (κ1) is 15.0. The third kappa shape index (κ3) is 3.79. The van der Waals surface area contributed by atoms with Crippen molar-refractivity contribution in [1.82, 2.24) is 4.72 Å². The van der Waals surface area contributed by atoms with E-state index >= 15 is 0 Å². The number of hydrogen-bond donors (Lipinski definition) is 1. The second-order valence-corrected chi connectivity index (χ2v) is 8.73. The van der Waals surface area contributed by atoms with Crippen LogP contribution in [0.25, 0.3) is 0 Å². The minimum absolute atomic E-state index is 0.00890. The van der Waals surface area contributed by atoms with Gasteiger partial charge < -0.3 is 0 Å². The van der Waals surface area contributed by atoms with Gasteiger partial charge in [0.05, 0.1) is 28.9 Å². The largest absolute Gasteiger partial charge is 0.229 e. The fourth-order valence-electron chi connectivity index (χ4n) is 2.14. The number of nitriles is 1. The molecular formula is C12H14N2O4S2. The van der Waals surface area contributed by atoms with Crippen LogP contribution in [-0.4, -0.2) is 34.4 Å². The number of sulfone groups is 1. The number of rotatable bonds is 4. The number of hydrogen-bond acceptors (Lipinski definition) is 5. The maximum absolute atomic E-state index is 12.0. The molecule has 1 saturated heterocycles. The highest BCUT2D eigenvalue weighted by molar-refractivity contribution is 7.92.